The topological polar surface area (TPSA) is 21.6 Å². The predicted octanol–water partition coefficient (Wildman–Crippen LogP) is 2.41. The van der Waals surface area contributed by atoms with Crippen LogP contribution >= 0.6 is 0 Å². The quantitative estimate of drug-likeness (QED) is 0.363. The summed E-state index contributed by atoms with van der Waals surface area (Å²) in [6.45, 7) is 10.6. The molecular weight excluding hydrogens is 154 g/mol. The van der Waals surface area contributed by atoms with Gasteiger partial charge in [-0.1, -0.05) is 20.8 Å². The van der Waals surface area contributed by atoms with Crippen molar-refractivity contribution in [2.75, 3.05) is 0 Å². The Hall–Kier alpha value is -0.313. The maximum atomic E-state index is 5.34. The largest absolute Gasteiger partial charge is 0.459 e. The van der Waals surface area contributed by atoms with Gasteiger partial charge in [-0.25, -0.2) is 0 Å². The molecule has 2 nitrogen and oxygen atoms in total. The maximum absolute atomic E-state index is 5.34. The highest BCUT2D eigenvalue weighted by atomic mass is 28.3. The predicted molar refractivity (Wildman–Crippen MR) is 52.5 cm³/mol. The SMILES string of the molecule is CC[SiH](C)ON=C(C)C(C)C. The van der Waals surface area contributed by atoms with Gasteiger partial charge in [0.1, 0.15) is 0 Å². The monoisotopic (exact) mass is 173 g/mol. The van der Waals surface area contributed by atoms with Gasteiger partial charge in [-0.15, -0.1) is 5.16 Å². The second-order valence-corrected chi connectivity index (χ2v) is 5.86. The molecule has 0 radical (unpaired) electrons. The lowest BCUT2D eigenvalue weighted by Crippen LogP contribution is -2.10. The molecule has 0 saturated carbocycles. The van der Waals surface area contributed by atoms with Crippen LogP contribution in [0.3, 0.4) is 0 Å². The average molecular weight is 173 g/mol. The second-order valence-electron chi connectivity index (χ2n) is 3.21. The van der Waals surface area contributed by atoms with Gasteiger partial charge in [0.2, 0.25) is 0 Å². The fraction of sp³-hybridized carbons (Fsp3) is 0.875. The zero-order valence-corrected chi connectivity index (χ0v) is 9.37. The number of hydrogen-bond donors (Lipinski definition) is 0. The molecule has 0 aromatic carbocycles. The van der Waals surface area contributed by atoms with Gasteiger partial charge < -0.3 is 4.53 Å². The molecule has 3 heteroatoms. The van der Waals surface area contributed by atoms with Crippen LogP contribution in [0.25, 0.3) is 0 Å². The highest BCUT2D eigenvalue weighted by Gasteiger charge is 2.02. The molecule has 0 rings (SSSR count). The molecule has 66 valence electrons. The zero-order chi connectivity index (χ0) is 8.85. The molecule has 0 bridgehead atoms. The van der Waals surface area contributed by atoms with Crippen molar-refractivity contribution >= 4 is 14.8 Å². The molecule has 0 aromatic rings. The van der Waals surface area contributed by atoms with E-state index in [4.69, 9.17) is 4.53 Å². The number of rotatable bonds is 4. The first-order valence-electron chi connectivity index (χ1n) is 4.28. The highest BCUT2D eigenvalue weighted by Crippen LogP contribution is 1.99. The van der Waals surface area contributed by atoms with Crippen LogP contribution in [-0.4, -0.2) is 14.8 Å². The molecule has 0 N–H and O–H groups in total. The summed E-state index contributed by atoms with van der Waals surface area (Å²) in [4.78, 5) is 0. The van der Waals surface area contributed by atoms with Gasteiger partial charge in [0, 0.05) is 0 Å². The van der Waals surface area contributed by atoms with Crippen LogP contribution in [0.15, 0.2) is 5.16 Å². The third kappa shape index (κ3) is 5.01. The van der Waals surface area contributed by atoms with Gasteiger partial charge in [-0.05, 0) is 25.4 Å². The first-order valence-corrected chi connectivity index (χ1v) is 6.72. The molecule has 0 spiro atoms. The Morgan fingerprint density at radius 1 is 1.55 bits per heavy atom. The molecule has 0 aromatic heterocycles. The van der Waals surface area contributed by atoms with Crippen LogP contribution in [0.5, 0.6) is 0 Å². The first kappa shape index (κ1) is 10.7. The summed E-state index contributed by atoms with van der Waals surface area (Å²) >= 11 is 0. The standard InChI is InChI=1S/C8H19NOSi/c1-6-11(5)10-9-8(4)7(2)3/h7,11H,6H2,1-5H3. The van der Waals surface area contributed by atoms with E-state index in [0.29, 0.717) is 5.92 Å². The summed E-state index contributed by atoms with van der Waals surface area (Å²) in [6.07, 6.45) is 0. The van der Waals surface area contributed by atoms with E-state index in [9.17, 15) is 0 Å². The van der Waals surface area contributed by atoms with Crippen molar-refractivity contribution in [2.24, 2.45) is 11.1 Å². The van der Waals surface area contributed by atoms with Crippen LogP contribution in [0.1, 0.15) is 27.7 Å². The van der Waals surface area contributed by atoms with Gasteiger partial charge >= 0.3 is 0 Å². The number of hydrogen-bond acceptors (Lipinski definition) is 2. The summed E-state index contributed by atoms with van der Waals surface area (Å²) in [5, 5.41) is 4.07. The van der Waals surface area contributed by atoms with Crippen LogP contribution < -0.4 is 0 Å². The van der Waals surface area contributed by atoms with Crippen molar-refractivity contribution in [1.82, 2.24) is 0 Å². The van der Waals surface area contributed by atoms with Crippen LogP contribution in [-0.2, 0) is 4.53 Å². The van der Waals surface area contributed by atoms with E-state index in [1.165, 1.54) is 0 Å². The normalized spacial score (nSPS) is 15.3. The zero-order valence-electron chi connectivity index (χ0n) is 8.22. The van der Waals surface area contributed by atoms with Gasteiger partial charge in [0.25, 0.3) is 9.04 Å². The first-order chi connectivity index (χ1) is 5.07. The van der Waals surface area contributed by atoms with Crippen LogP contribution in [0.2, 0.25) is 12.6 Å². The third-order valence-electron chi connectivity index (χ3n) is 1.79. The Kier molecular flexibility index (Phi) is 5.20. The minimum absolute atomic E-state index is 0.507. The Bertz CT molecular complexity index is 134. The lowest BCUT2D eigenvalue weighted by atomic mass is 10.1. The average Bonchev–Trinajstić information content (AvgIpc) is 1.99. The molecule has 0 aliphatic heterocycles. The Labute approximate surface area is 71.4 Å². The molecule has 1 unspecified atom stereocenters. The lowest BCUT2D eigenvalue weighted by molar-refractivity contribution is 0.344. The molecule has 11 heavy (non-hydrogen) atoms. The molecular formula is C8H19NOSi. The van der Waals surface area contributed by atoms with E-state index < -0.39 is 9.04 Å². The van der Waals surface area contributed by atoms with Crippen LogP contribution in [0, 0.1) is 5.92 Å². The lowest BCUT2D eigenvalue weighted by Gasteiger charge is -2.07. The van der Waals surface area contributed by atoms with Crippen LogP contribution in [0.4, 0.5) is 0 Å². The number of nitrogens with zero attached hydrogens (tertiary/aromatic N) is 1. The molecule has 0 heterocycles. The fourth-order valence-electron chi connectivity index (χ4n) is 0.353. The summed E-state index contributed by atoms with van der Waals surface area (Å²) < 4.78 is 5.34. The van der Waals surface area contributed by atoms with E-state index in [2.05, 4.69) is 32.5 Å². The van der Waals surface area contributed by atoms with E-state index in [0.717, 1.165) is 11.8 Å². The maximum Gasteiger partial charge on any atom is 0.269 e. The summed E-state index contributed by atoms with van der Waals surface area (Å²) in [5.41, 5.74) is 1.10. The summed E-state index contributed by atoms with van der Waals surface area (Å²) in [5.74, 6) is 0.507. The molecule has 0 amide bonds. The molecule has 1 atom stereocenters. The van der Waals surface area contributed by atoms with E-state index >= 15 is 0 Å². The third-order valence-corrected chi connectivity index (χ3v) is 3.40. The highest BCUT2D eigenvalue weighted by molar-refractivity contribution is 6.49. The number of oxime groups is 1. The Morgan fingerprint density at radius 3 is 2.45 bits per heavy atom. The molecule has 0 fully saturated rings. The van der Waals surface area contributed by atoms with Gasteiger partial charge in [-0.2, -0.15) is 0 Å². The smallest absolute Gasteiger partial charge is 0.269 e. The minimum Gasteiger partial charge on any atom is -0.459 e. The molecule has 0 aliphatic rings. The van der Waals surface area contributed by atoms with Crippen molar-refractivity contribution in [3.05, 3.63) is 0 Å². The van der Waals surface area contributed by atoms with Crippen molar-refractivity contribution < 1.29 is 4.53 Å². The Balaban J connectivity index is 3.72. The van der Waals surface area contributed by atoms with E-state index in [1.54, 1.807) is 0 Å². The van der Waals surface area contributed by atoms with Crippen molar-refractivity contribution in [3.63, 3.8) is 0 Å². The minimum atomic E-state index is -0.966. The van der Waals surface area contributed by atoms with E-state index in [-0.39, 0.29) is 0 Å². The molecule has 0 saturated heterocycles. The summed E-state index contributed by atoms with van der Waals surface area (Å²) in [7, 11) is -0.966. The van der Waals surface area contributed by atoms with Gasteiger partial charge in [-0.3, -0.25) is 0 Å². The molecule has 0 aliphatic carbocycles. The van der Waals surface area contributed by atoms with Crippen molar-refractivity contribution in [2.45, 2.75) is 40.3 Å². The summed E-state index contributed by atoms with van der Waals surface area (Å²) in [6, 6.07) is 1.15. The van der Waals surface area contributed by atoms with Crippen molar-refractivity contribution in [3.8, 4) is 0 Å². The van der Waals surface area contributed by atoms with E-state index in [1.807, 2.05) is 6.92 Å². The van der Waals surface area contributed by atoms with Crippen molar-refractivity contribution in [1.29, 1.82) is 0 Å². The van der Waals surface area contributed by atoms with Gasteiger partial charge in [0.05, 0.1) is 5.71 Å². The Morgan fingerprint density at radius 2 is 2.09 bits per heavy atom. The fourth-order valence-corrected chi connectivity index (χ4v) is 0.848. The van der Waals surface area contributed by atoms with Gasteiger partial charge in [0.15, 0.2) is 0 Å². The second kappa shape index (κ2) is 5.35.